The Kier molecular flexibility index (Phi) is 3.83. The maximum absolute atomic E-state index is 12.7. The van der Waals surface area contributed by atoms with E-state index in [0.29, 0.717) is 0 Å². The molecule has 0 bridgehead atoms. The summed E-state index contributed by atoms with van der Waals surface area (Å²) in [7, 11) is 1.92. The zero-order valence-electron chi connectivity index (χ0n) is 9.71. The van der Waals surface area contributed by atoms with E-state index in [1.807, 2.05) is 18.5 Å². The van der Waals surface area contributed by atoms with Gasteiger partial charge in [0, 0.05) is 13.1 Å². The number of fused-ring (bicyclic) bond motifs is 1. The van der Waals surface area contributed by atoms with Crippen molar-refractivity contribution in [3.63, 3.8) is 0 Å². The van der Waals surface area contributed by atoms with Gasteiger partial charge in [-0.1, -0.05) is 20.3 Å². The average Bonchev–Trinajstić information content (AvgIpc) is 2.43. The van der Waals surface area contributed by atoms with Gasteiger partial charge in [-0.3, -0.25) is 0 Å². The lowest BCUT2D eigenvalue weighted by Gasteiger charge is -1.94. The summed E-state index contributed by atoms with van der Waals surface area (Å²) < 4.78 is 14.7. The molecular formula is C12H17FN2. The Morgan fingerprint density at radius 3 is 2.53 bits per heavy atom. The third-order valence-electron chi connectivity index (χ3n) is 2.07. The molecule has 0 saturated heterocycles. The summed E-state index contributed by atoms with van der Waals surface area (Å²) in [6.07, 6.45) is 1.25. The van der Waals surface area contributed by atoms with E-state index in [9.17, 15) is 4.39 Å². The van der Waals surface area contributed by atoms with E-state index in [-0.39, 0.29) is 5.82 Å². The molecule has 0 unspecified atom stereocenters. The Hall–Kier alpha value is -1.38. The largest absolute Gasteiger partial charge is 0.331 e. The van der Waals surface area contributed by atoms with Crippen LogP contribution in [0.15, 0.2) is 18.2 Å². The molecule has 0 atom stereocenters. The van der Waals surface area contributed by atoms with Gasteiger partial charge in [-0.2, -0.15) is 0 Å². The molecule has 0 amide bonds. The Morgan fingerprint density at radius 2 is 1.93 bits per heavy atom. The summed E-state index contributed by atoms with van der Waals surface area (Å²) >= 11 is 0. The first kappa shape index (κ1) is 11.7. The molecule has 0 N–H and O–H groups in total. The monoisotopic (exact) mass is 208 g/mol. The van der Waals surface area contributed by atoms with Gasteiger partial charge in [0.2, 0.25) is 0 Å². The summed E-state index contributed by atoms with van der Waals surface area (Å²) in [5, 5.41) is 0. The number of hydrogen-bond donors (Lipinski definition) is 0. The molecule has 1 heterocycles. The van der Waals surface area contributed by atoms with Gasteiger partial charge in [-0.15, -0.1) is 0 Å². The Labute approximate surface area is 89.7 Å². The van der Waals surface area contributed by atoms with Crippen LogP contribution in [0.3, 0.4) is 0 Å². The molecule has 0 spiro atoms. The minimum Gasteiger partial charge on any atom is -0.331 e. The summed E-state index contributed by atoms with van der Waals surface area (Å²) in [5.41, 5.74) is 1.68. The lowest BCUT2D eigenvalue weighted by Crippen LogP contribution is -1.89. The molecule has 0 fully saturated rings. The normalized spacial score (nSPS) is 9.93. The highest BCUT2D eigenvalue weighted by molar-refractivity contribution is 5.75. The van der Waals surface area contributed by atoms with Crippen LogP contribution in [-0.4, -0.2) is 9.55 Å². The second kappa shape index (κ2) is 4.91. The van der Waals surface area contributed by atoms with Gasteiger partial charge >= 0.3 is 0 Å². The predicted molar refractivity (Wildman–Crippen MR) is 61.4 cm³/mol. The first-order valence-corrected chi connectivity index (χ1v) is 5.18. The molecule has 3 heteroatoms. The van der Waals surface area contributed by atoms with E-state index in [2.05, 4.69) is 18.8 Å². The smallest absolute Gasteiger partial charge is 0.125 e. The van der Waals surface area contributed by atoms with Crippen molar-refractivity contribution in [2.75, 3.05) is 0 Å². The summed E-state index contributed by atoms with van der Waals surface area (Å²) in [6.45, 7) is 6.15. The van der Waals surface area contributed by atoms with Crippen LogP contribution >= 0.6 is 0 Å². The highest BCUT2D eigenvalue weighted by Gasteiger charge is 2.03. The molecule has 0 aliphatic rings. The lowest BCUT2D eigenvalue weighted by atomic mass is 10.3. The molecule has 82 valence electrons. The van der Waals surface area contributed by atoms with Gasteiger partial charge in [-0.25, -0.2) is 9.37 Å². The van der Waals surface area contributed by atoms with Crippen molar-refractivity contribution in [1.82, 2.24) is 9.55 Å². The van der Waals surface area contributed by atoms with Crippen LogP contribution in [-0.2, 0) is 7.05 Å². The van der Waals surface area contributed by atoms with E-state index in [0.717, 1.165) is 16.9 Å². The van der Waals surface area contributed by atoms with E-state index < -0.39 is 0 Å². The Bertz CT molecular complexity index is 446. The van der Waals surface area contributed by atoms with Crippen LogP contribution in [0.2, 0.25) is 0 Å². The number of aromatic nitrogens is 2. The van der Waals surface area contributed by atoms with Crippen LogP contribution in [0.25, 0.3) is 11.0 Å². The second-order valence-corrected chi connectivity index (χ2v) is 3.56. The maximum Gasteiger partial charge on any atom is 0.125 e. The second-order valence-electron chi connectivity index (χ2n) is 3.56. The molecule has 0 aliphatic carbocycles. The number of hydrogen-bond acceptors (Lipinski definition) is 1. The molecule has 2 nitrogen and oxygen atoms in total. The number of rotatable bonds is 0. The fraction of sp³-hybridized carbons (Fsp3) is 0.417. The number of aryl methyl sites for hydroxylation is 2. The number of nitrogens with zero attached hydrogens (tertiary/aromatic N) is 2. The van der Waals surface area contributed by atoms with Crippen LogP contribution in [0.5, 0.6) is 0 Å². The van der Waals surface area contributed by atoms with Crippen molar-refractivity contribution >= 4 is 11.0 Å². The zero-order chi connectivity index (χ0) is 11.4. The van der Waals surface area contributed by atoms with Crippen molar-refractivity contribution in [3.8, 4) is 0 Å². The lowest BCUT2D eigenvalue weighted by molar-refractivity contribution is 0.629. The van der Waals surface area contributed by atoms with E-state index in [1.54, 1.807) is 6.07 Å². The van der Waals surface area contributed by atoms with Gasteiger partial charge in [0.1, 0.15) is 11.6 Å². The van der Waals surface area contributed by atoms with Crippen molar-refractivity contribution in [1.29, 1.82) is 0 Å². The van der Waals surface area contributed by atoms with Gasteiger partial charge in [0.15, 0.2) is 0 Å². The number of benzene rings is 1. The Balaban J connectivity index is 0.000000337. The van der Waals surface area contributed by atoms with E-state index in [4.69, 9.17) is 0 Å². The summed E-state index contributed by atoms with van der Waals surface area (Å²) in [6, 6.07) is 4.64. The molecule has 1 aromatic heterocycles. The van der Waals surface area contributed by atoms with Crippen LogP contribution in [0, 0.1) is 12.7 Å². The summed E-state index contributed by atoms with van der Waals surface area (Å²) in [5.74, 6) is 0.663. The van der Waals surface area contributed by atoms with Gasteiger partial charge in [0.25, 0.3) is 0 Å². The number of imidazole rings is 1. The molecule has 0 radical (unpaired) electrons. The third-order valence-corrected chi connectivity index (χ3v) is 2.07. The van der Waals surface area contributed by atoms with Crippen LogP contribution in [0.1, 0.15) is 26.1 Å². The fourth-order valence-electron chi connectivity index (χ4n) is 1.29. The quantitative estimate of drug-likeness (QED) is 0.648. The van der Waals surface area contributed by atoms with E-state index >= 15 is 0 Å². The third kappa shape index (κ3) is 2.55. The molecule has 2 rings (SSSR count). The van der Waals surface area contributed by atoms with Gasteiger partial charge in [-0.05, 0) is 19.1 Å². The number of halogens is 1. The molecule has 15 heavy (non-hydrogen) atoms. The maximum atomic E-state index is 12.7. The van der Waals surface area contributed by atoms with Crippen molar-refractivity contribution < 1.29 is 4.39 Å². The molecule has 1 aromatic carbocycles. The van der Waals surface area contributed by atoms with Gasteiger partial charge in [0.05, 0.1) is 11.0 Å². The minimum absolute atomic E-state index is 0.236. The summed E-state index contributed by atoms with van der Waals surface area (Å²) in [4.78, 5) is 4.20. The predicted octanol–water partition coefficient (Wildman–Crippen LogP) is 3.44. The highest BCUT2D eigenvalue weighted by Crippen LogP contribution is 2.14. The minimum atomic E-state index is -0.236. The first-order chi connectivity index (χ1) is 7.10. The topological polar surface area (TPSA) is 17.8 Å². The Morgan fingerprint density at radius 1 is 1.33 bits per heavy atom. The van der Waals surface area contributed by atoms with Crippen LogP contribution < -0.4 is 0 Å². The molecule has 2 aromatic rings. The SMILES string of the molecule is CCC.Cc1nc2cc(F)ccc2n1C. The first-order valence-electron chi connectivity index (χ1n) is 5.18. The van der Waals surface area contributed by atoms with Crippen molar-refractivity contribution in [2.24, 2.45) is 7.05 Å². The molecule has 0 saturated carbocycles. The standard InChI is InChI=1S/C9H9FN2.C3H8/c1-6-11-8-5-7(10)3-4-9(8)12(6)2;1-3-2/h3-5H,1-2H3;3H2,1-2H3. The van der Waals surface area contributed by atoms with Gasteiger partial charge < -0.3 is 4.57 Å². The zero-order valence-corrected chi connectivity index (χ0v) is 9.71. The van der Waals surface area contributed by atoms with Crippen molar-refractivity contribution in [2.45, 2.75) is 27.2 Å². The average molecular weight is 208 g/mol. The van der Waals surface area contributed by atoms with Crippen molar-refractivity contribution in [3.05, 3.63) is 29.8 Å². The van der Waals surface area contributed by atoms with Crippen LogP contribution in [0.4, 0.5) is 4.39 Å². The fourth-order valence-corrected chi connectivity index (χ4v) is 1.29. The molecular weight excluding hydrogens is 191 g/mol. The highest BCUT2D eigenvalue weighted by atomic mass is 19.1. The molecule has 0 aliphatic heterocycles. The van der Waals surface area contributed by atoms with E-state index in [1.165, 1.54) is 18.6 Å².